The van der Waals surface area contributed by atoms with Gasteiger partial charge in [-0.1, -0.05) is 12.0 Å². The smallest absolute Gasteiger partial charge is 0.340 e. The lowest BCUT2D eigenvalue weighted by molar-refractivity contribution is -0.132. The van der Waals surface area contributed by atoms with Crippen LogP contribution in [0.25, 0.3) is 0 Å². The first-order chi connectivity index (χ1) is 19.0. The fourth-order valence-electron chi connectivity index (χ4n) is 5.05. The van der Waals surface area contributed by atoms with E-state index < -0.39 is 29.5 Å². The maximum atomic E-state index is 13.3. The van der Waals surface area contributed by atoms with E-state index in [1.807, 2.05) is 0 Å². The minimum atomic E-state index is -1.55. The van der Waals surface area contributed by atoms with E-state index in [1.165, 1.54) is 38.1 Å². The molecule has 0 radical (unpaired) electrons. The standard InChI is InChI=1S/C30H23NO9/c1-5-12-31(4)15-21-25(38-17(3)33)11-10-24-27(21)39-26-14-19(37-16(2)32)7-9-23(26)30(24)22-8-6-18(28(34)35)13-20(22)29(36)40-30/h1,6-11,13-14H,12,15H2,2-4H3,(H,34,35). The second-order valence-corrected chi connectivity index (χ2v) is 9.38. The highest BCUT2D eigenvalue weighted by atomic mass is 16.6. The number of hydrogen-bond donors (Lipinski definition) is 1. The predicted octanol–water partition coefficient (Wildman–Crippen LogP) is 3.87. The highest BCUT2D eigenvalue weighted by Gasteiger charge is 2.54. The van der Waals surface area contributed by atoms with Gasteiger partial charge in [0.25, 0.3) is 0 Å². The fourth-order valence-corrected chi connectivity index (χ4v) is 5.05. The van der Waals surface area contributed by atoms with Crippen molar-refractivity contribution < 1.29 is 43.2 Å². The van der Waals surface area contributed by atoms with E-state index in [9.17, 15) is 24.3 Å². The van der Waals surface area contributed by atoms with Crippen molar-refractivity contribution in [3.8, 4) is 35.3 Å². The number of esters is 3. The van der Waals surface area contributed by atoms with Crippen LogP contribution in [0, 0.1) is 12.3 Å². The average Bonchev–Trinajstić information content (AvgIpc) is 3.17. The summed E-state index contributed by atoms with van der Waals surface area (Å²) in [6, 6.07) is 12.1. The molecule has 0 aromatic heterocycles. The number of fused-ring (bicyclic) bond motifs is 6. The number of hydrogen-bond acceptors (Lipinski definition) is 9. The molecule has 5 rings (SSSR count). The molecule has 10 heteroatoms. The number of carbonyl (C=O) groups is 4. The molecule has 0 saturated carbocycles. The monoisotopic (exact) mass is 541 g/mol. The van der Waals surface area contributed by atoms with E-state index in [1.54, 1.807) is 36.2 Å². The Morgan fingerprint density at radius 1 is 1.00 bits per heavy atom. The van der Waals surface area contributed by atoms with Gasteiger partial charge in [0.15, 0.2) is 5.60 Å². The largest absolute Gasteiger partial charge is 0.478 e. The van der Waals surface area contributed by atoms with E-state index in [0.29, 0.717) is 22.3 Å². The van der Waals surface area contributed by atoms with Gasteiger partial charge in [-0.3, -0.25) is 14.5 Å². The average molecular weight is 542 g/mol. The maximum absolute atomic E-state index is 13.3. The molecule has 3 aromatic carbocycles. The van der Waals surface area contributed by atoms with Gasteiger partial charge >= 0.3 is 23.9 Å². The van der Waals surface area contributed by atoms with Crippen molar-refractivity contribution >= 4 is 23.9 Å². The first-order valence-electron chi connectivity index (χ1n) is 12.1. The molecule has 0 amide bonds. The third-order valence-corrected chi connectivity index (χ3v) is 6.56. The molecule has 40 heavy (non-hydrogen) atoms. The fraction of sp³-hybridized carbons (Fsp3) is 0.200. The lowest BCUT2D eigenvalue weighted by Crippen LogP contribution is -2.34. The van der Waals surface area contributed by atoms with E-state index in [4.69, 9.17) is 25.4 Å². The summed E-state index contributed by atoms with van der Waals surface area (Å²) in [5.74, 6) is 0.423. The number of aromatic carboxylic acids is 1. The molecule has 2 heterocycles. The summed E-state index contributed by atoms with van der Waals surface area (Å²) in [4.78, 5) is 50.3. The van der Waals surface area contributed by atoms with Gasteiger partial charge in [-0.2, -0.15) is 0 Å². The Morgan fingerprint density at radius 3 is 2.38 bits per heavy atom. The van der Waals surface area contributed by atoms with Crippen molar-refractivity contribution in [1.29, 1.82) is 0 Å². The van der Waals surface area contributed by atoms with Crippen LogP contribution < -0.4 is 14.2 Å². The van der Waals surface area contributed by atoms with Crippen molar-refractivity contribution in [2.75, 3.05) is 13.6 Å². The van der Waals surface area contributed by atoms with Gasteiger partial charge in [-0.15, -0.1) is 6.42 Å². The predicted molar refractivity (Wildman–Crippen MR) is 139 cm³/mol. The molecule has 1 N–H and O–H groups in total. The Kier molecular flexibility index (Phi) is 6.53. The van der Waals surface area contributed by atoms with Crippen LogP contribution in [-0.4, -0.2) is 47.5 Å². The van der Waals surface area contributed by atoms with Crippen LogP contribution in [0.3, 0.4) is 0 Å². The first-order valence-corrected chi connectivity index (χ1v) is 12.1. The Hall–Kier alpha value is -5.14. The Bertz CT molecular complexity index is 1650. The zero-order valence-corrected chi connectivity index (χ0v) is 21.8. The second-order valence-electron chi connectivity index (χ2n) is 9.38. The molecule has 0 fully saturated rings. The number of nitrogens with zero attached hydrogens (tertiary/aromatic N) is 1. The normalized spacial score (nSPS) is 16.2. The zero-order chi connectivity index (χ0) is 28.8. The van der Waals surface area contributed by atoms with E-state index in [2.05, 4.69) is 5.92 Å². The van der Waals surface area contributed by atoms with Gasteiger partial charge in [-0.25, -0.2) is 9.59 Å². The summed E-state index contributed by atoms with van der Waals surface area (Å²) in [5, 5.41) is 9.52. The summed E-state index contributed by atoms with van der Waals surface area (Å²) in [6.07, 6.45) is 5.51. The van der Waals surface area contributed by atoms with Crippen molar-refractivity contribution in [3.05, 3.63) is 81.9 Å². The van der Waals surface area contributed by atoms with Crippen LogP contribution >= 0.6 is 0 Å². The molecular weight excluding hydrogens is 518 g/mol. The molecule has 1 unspecified atom stereocenters. The summed E-state index contributed by atoms with van der Waals surface area (Å²) in [5.41, 5.74) is 0.168. The van der Waals surface area contributed by atoms with Gasteiger partial charge in [0.2, 0.25) is 0 Å². The van der Waals surface area contributed by atoms with Gasteiger partial charge in [0, 0.05) is 43.1 Å². The molecule has 2 aliphatic heterocycles. The van der Waals surface area contributed by atoms with Crippen molar-refractivity contribution in [2.45, 2.75) is 26.0 Å². The third-order valence-electron chi connectivity index (χ3n) is 6.56. The van der Waals surface area contributed by atoms with Crippen molar-refractivity contribution in [1.82, 2.24) is 4.90 Å². The second kappa shape index (κ2) is 9.87. The summed E-state index contributed by atoms with van der Waals surface area (Å²) < 4.78 is 23.3. The number of rotatable bonds is 6. The van der Waals surface area contributed by atoms with Gasteiger partial charge in [-0.05, 0) is 43.4 Å². The van der Waals surface area contributed by atoms with Gasteiger partial charge < -0.3 is 24.1 Å². The summed E-state index contributed by atoms with van der Waals surface area (Å²) >= 11 is 0. The van der Waals surface area contributed by atoms with Crippen molar-refractivity contribution in [2.24, 2.45) is 0 Å². The number of carbonyl (C=O) groups excluding carboxylic acids is 3. The van der Waals surface area contributed by atoms with Crippen LogP contribution in [0.1, 0.15) is 56.8 Å². The lowest BCUT2D eigenvalue weighted by Gasteiger charge is -2.38. The molecule has 3 aromatic rings. The molecule has 0 saturated heterocycles. The maximum Gasteiger partial charge on any atom is 0.340 e. The van der Waals surface area contributed by atoms with Crippen LogP contribution in [0.5, 0.6) is 23.0 Å². The minimum absolute atomic E-state index is 0.0766. The molecule has 10 nitrogen and oxygen atoms in total. The quantitative estimate of drug-likeness (QED) is 0.279. The van der Waals surface area contributed by atoms with Gasteiger partial charge in [0.05, 0.1) is 23.2 Å². The van der Waals surface area contributed by atoms with Crippen LogP contribution in [-0.2, 0) is 26.5 Å². The van der Waals surface area contributed by atoms with Crippen LogP contribution in [0.15, 0.2) is 48.5 Å². The topological polar surface area (TPSA) is 129 Å². The molecular formula is C30H23NO9. The lowest BCUT2D eigenvalue weighted by atomic mass is 9.76. The Morgan fingerprint density at radius 2 is 1.70 bits per heavy atom. The van der Waals surface area contributed by atoms with Crippen molar-refractivity contribution in [3.63, 3.8) is 0 Å². The molecule has 0 bridgehead atoms. The Labute approximate surface area is 229 Å². The minimum Gasteiger partial charge on any atom is -0.478 e. The number of benzene rings is 3. The number of carboxylic acid groups (broad SMARTS) is 1. The molecule has 1 spiro atoms. The zero-order valence-electron chi connectivity index (χ0n) is 21.8. The van der Waals surface area contributed by atoms with E-state index in [0.717, 1.165) is 0 Å². The SMILES string of the molecule is C#CCN(C)Cc1c(OC(C)=O)ccc2c1Oc1cc(OC(C)=O)ccc1C21OC(=O)c2cc(C(=O)O)ccc21. The first kappa shape index (κ1) is 26.5. The molecule has 2 aliphatic rings. The molecule has 1 atom stereocenters. The van der Waals surface area contributed by atoms with Crippen LogP contribution in [0.4, 0.5) is 0 Å². The summed E-state index contributed by atoms with van der Waals surface area (Å²) in [6.45, 7) is 3.00. The van der Waals surface area contributed by atoms with E-state index >= 15 is 0 Å². The summed E-state index contributed by atoms with van der Waals surface area (Å²) in [7, 11) is 1.78. The molecule has 202 valence electrons. The Balaban J connectivity index is 1.82. The van der Waals surface area contributed by atoms with Crippen LogP contribution in [0.2, 0.25) is 0 Å². The number of ether oxygens (including phenoxy) is 4. The highest BCUT2D eigenvalue weighted by molar-refractivity contribution is 6.00. The van der Waals surface area contributed by atoms with E-state index in [-0.39, 0.29) is 47.2 Å². The third kappa shape index (κ3) is 4.32. The number of carboxylic acids is 1. The highest BCUT2D eigenvalue weighted by Crippen LogP contribution is 2.58. The molecule has 0 aliphatic carbocycles. The van der Waals surface area contributed by atoms with Gasteiger partial charge in [0.1, 0.15) is 23.0 Å². The number of terminal acetylenes is 1.